The lowest BCUT2D eigenvalue weighted by Gasteiger charge is -2.13. The van der Waals surface area contributed by atoms with Crippen molar-refractivity contribution < 1.29 is 4.74 Å². The number of benzene rings is 1. The number of hydrogen-bond donors (Lipinski definition) is 1. The molecule has 0 saturated heterocycles. The van der Waals surface area contributed by atoms with Crippen LogP contribution in [-0.2, 0) is 13.0 Å². The Morgan fingerprint density at radius 2 is 2.10 bits per heavy atom. The largest absolute Gasteiger partial charge is 0.493 e. The Bertz CT molecular complexity index is 531. The van der Waals surface area contributed by atoms with Gasteiger partial charge < -0.3 is 10.5 Å². The van der Waals surface area contributed by atoms with Crippen molar-refractivity contribution in [3.63, 3.8) is 0 Å². The number of ether oxygens (including phenoxy) is 1. The molecular weight excluding hydrogens is 268 g/mol. The fourth-order valence-corrected chi connectivity index (χ4v) is 2.83. The van der Waals surface area contributed by atoms with Gasteiger partial charge in [0.2, 0.25) is 0 Å². The molecule has 3 nitrogen and oxygen atoms in total. The molecule has 2 rings (SSSR count). The number of hydrogen-bond acceptors (Lipinski definition) is 4. The maximum absolute atomic E-state index is 5.89. The Morgan fingerprint density at radius 1 is 1.20 bits per heavy atom. The van der Waals surface area contributed by atoms with Crippen molar-refractivity contribution in [2.24, 2.45) is 5.73 Å². The molecule has 0 aliphatic carbocycles. The van der Waals surface area contributed by atoms with Gasteiger partial charge in [-0.25, -0.2) is 0 Å². The van der Waals surface area contributed by atoms with Crippen molar-refractivity contribution in [2.75, 3.05) is 12.4 Å². The van der Waals surface area contributed by atoms with Crippen LogP contribution in [0.3, 0.4) is 0 Å². The molecule has 0 unspecified atom stereocenters. The highest BCUT2D eigenvalue weighted by atomic mass is 32.2. The summed E-state index contributed by atoms with van der Waals surface area (Å²) in [6.07, 6.45) is 2.61. The average Bonchev–Trinajstić information content (AvgIpc) is 2.49. The van der Waals surface area contributed by atoms with Gasteiger partial charge in [-0.2, -0.15) is 0 Å². The van der Waals surface area contributed by atoms with Crippen LogP contribution in [0.1, 0.15) is 18.2 Å². The first-order valence-corrected chi connectivity index (χ1v) is 7.81. The molecule has 20 heavy (non-hydrogen) atoms. The van der Waals surface area contributed by atoms with Crippen LogP contribution in [0.25, 0.3) is 0 Å². The van der Waals surface area contributed by atoms with E-state index < -0.39 is 0 Å². The first-order chi connectivity index (χ1) is 9.85. The molecular formula is C16H20N2OS. The van der Waals surface area contributed by atoms with Gasteiger partial charge >= 0.3 is 0 Å². The van der Waals surface area contributed by atoms with Crippen molar-refractivity contribution in [3.05, 3.63) is 53.9 Å². The van der Waals surface area contributed by atoms with E-state index in [1.807, 2.05) is 30.3 Å². The average molecular weight is 288 g/mol. The fourth-order valence-electron chi connectivity index (χ4n) is 1.98. The number of nitrogens with zero attached hydrogens (tertiary/aromatic N) is 1. The molecule has 106 valence electrons. The summed E-state index contributed by atoms with van der Waals surface area (Å²) in [5, 5.41) is 0. The van der Waals surface area contributed by atoms with Crippen molar-refractivity contribution >= 4 is 11.8 Å². The summed E-state index contributed by atoms with van der Waals surface area (Å²) < 4.78 is 5.89. The van der Waals surface area contributed by atoms with Crippen molar-refractivity contribution in [3.8, 4) is 5.75 Å². The van der Waals surface area contributed by atoms with Gasteiger partial charge in [-0.1, -0.05) is 19.1 Å². The molecule has 1 aromatic carbocycles. The summed E-state index contributed by atoms with van der Waals surface area (Å²) >= 11 is 1.80. The Morgan fingerprint density at radius 3 is 2.80 bits per heavy atom. The van der Waals surface area contributed by atoms with Gasteiger partial charge in [0.15, 0.2) is 0 Å². The third-order valence-corrected chi connectivity index (χ3v) is 3.92. The minimum absolute atomic E-state index is 0.502. The van der Waals surface area contributed by atoms with E-state index in [4.69, 9.17) is 10.5 Å². The van der Waals surface area contributed by atoms with E-state index in [0.29, 0.717) is 13.2 Å². The Labute approximate surface area is 124 Å². The normalized spacial score (nSPS) is 10.5. The van der Waals surface area contributed by atoms with Crippen LogP contribution in [0.15, 0.2) is 47.5 Å². The van der Waals surface area contributed by atoms with Gasteiger partial charge in [-0.05, 0) is 30.0 Å². The lowest BCUT2D eigenvalue weighted by atomic mass is 10.2. The quantitative estimate of drug-likeness (QED) is 0.794. The van der Waals surface area contributed by atoms with E-state index in [2.05, 4.69) is 18.0 Å². The number of pyridine rings is 1. The maximum Gasteiger partial charge on any atom is 0.124 e. The number of thioether (sulfide) groups is 1. The van der Waals surface area contributed by atoms with Crippen molar-refractivity contribution in [1.29, 1.82) is 0 Å². The van der Waals surface area contributed by atoms with Crippen LogP contribution in [-0.4, -0.2) is 17.3 Å². The van der Waals surface area contributed by atoms with E-state index in [1.54, 1.807) is 18.0 Å². The molecule has 0 atom stereocenters. The Hall–Kier alpha value is -1.52. The monoisotopic (exact) mass is 288 g/mol. The van der Waals surface area contributed by atoms with Crippen molar-refractivity contribution in [1.82, 2.24) is 4.98 Å². The van der Waals surface area contributed by atoms with Crippen LogP contribution >= 0.6 is 11.8 Å². The van der Waals surface area contributed by atoms with Gasteiger partial charge in [0.25, 0.3) is 0 Å². The fraction of sp³-hybridized carbons (Fsp3) is 0.312. The zero-order valence-electron chi connectivity index (χ0n) is 11.7. The highest BCUT2D eigenvalue weighted by Gasteiger charge is 2.08. The van der Waals surface area contributed by atoms with E-state index in [9.17, 15) is 0 Å². The zero-order valence-corrected chi connectivity index (χ0v) is 12.5. The highest BCUT2D eigenvalue weighted by Crippen LogP contribution is 2.29. The van der Waals surface area contributed by atoms with Gasteiger partial charge in [-0.15, -0.1) is 11.8 Å². The van der Waals surface area contributed by atoms with Gasteiger partial charge in [0.1, 0.15) is 5.75 Å². The second kappa shape index (κ2) is 7.92. The molecule has 1 aromatic heterocycles. The van der Waals surface area contributed by atoms with Gasteiger partial charge in [0, 0.05) is 35.3 Å². The summed E-state index contributed by atoms with van der Waals surface area (Å²) in [6, 6.07) is 12.0. The third kappa shape index (κ3) is 3.99. The SMILES string of the molecule is CCSc1cccc(OCCc2ccccn2)c1CN. The molecule has 0 fully saturated rings. The molecule has 2 N–H and O–H groups in total. The van der Waals surface area contributed by atoms with E-state index in [-0.39, 0.29) is 0 Å². The summed E-state index contributed by atoms with van der Waals surface area (Å²) in [5.41, 5.74) is 8.00. The summed E-state index contributed by atoms with van der Waals surface area (Å²) in [7, 11) is 0. The predicted octanol–water partition coefficient (Wildman–Crippen LogP) is 3.27. The predicted molar refractivity (Wildman–Crippen MR) is 84.2 cm³/mol. The molecule has 0 bridgehead atoms. The molecule has 0 aliphatic heterocycles. The third-order valence-electron chi connectivity index (χ3n) is 2.94. The minimum atomic E-state index is 0.502. The maximum atomic E-state index is 5.89. The molecule has 0 radical (unpaired) electrons. The second-order valence-corrected chi connectivity index (χ2v) is 5.60. The lowest BCUT2D eigenvalue weighted by molar-refractivity contribution is 0.316. The lowest BCUT2D eigenvalue weighted by Crippen LogP contribution is -2.07. The number of aromatic nitrogens is 1. The molecule has 0 saturated carbocycles. The van der Waals surface area contributed by atoms with Crippen LogP contribution in [0.5, 0.6) is 5.75 Å². The molecule has 4 heteroatoms. The summed E-state index contributed by atoms with van der Waals surface area (Å²) in [6.45, 7) is 3.26. The Kier molecular flexibility index (Phi) is 5.89. The zero-order chi connectivity index (χ0) is 14.2. The first-order valence-electron chi connectivity index (χ1n) is 6.82. The summed E-state index contributed by atoms with van der Waals surface area (Å²) in [4.78, 5) is 5.50. The van der Waals surface area contributed by atoms with E-state index >= 15 is 0 Å². The van der Waals surface area contributed by atoms with Crippen LogP contribution in [0.2, 0.25) is 0 Å². The smallest absolute Gasteiger partial charge is 0.124 e. The molecule has 0 amide bonds. The highest BCUT2D eigenvalue weighted by molar-refractivity contribution is 7.99. The van der Waals surface area contributed by atoms with Crippen LogP contribution in [0.4, 0.5) is 0 Å². The molecule has 0 aliphatic rings. The number of nitrogens with two attached hydrogens (primary N) is 1. The molecule has 1 heterocycles. The first kappa shape index (κ1) is 14.9. The minimum Gasteiger partial charge on any atom is -0.493 e. The molecule has 0 spiro atoms. The van der Waals surface area contributed by atoms with Crippen molar-refractivity contribution in [2.45, 2.75) is 24.8 Å². The topological polar surface area (TPSA) is 48.1 Å². The van der Waals surface area contributed by atoms with E-state index in [1.165, 1.54) is 4.90 Å². The van der Waals surface area contributed by atoms with Gasteiger partial charge in [0.05, 0.1) is 6.61 Å². The van der Waals surface area contributed by atoms with Gasteiger partial charge in [-0.3, -0.25) is 4.98 Å². The van der Waals surface area contributed by atoms with Crippen LogP contribution < -0.4 is 10.5 Å². The molecule has 2 aromatic rings. The second-order valence-electron chi connectivity index (χ2n) is 4.29. The summed E-state index contributed by atoms with van der Waals surface area (Å²) in [5.74, 6) is 1.92. The standard InChI is InChI=1S/C16H20N2OS/c1-2-20-16-8-5-7-15(14(16)12-17)19-11-9-13-6-3-4-10-18-13/h3-8,10H,2,9,11-12,17H2,1H3. The van der Waals surface area contributed by atoms with E-state index in [0.717, 1.165) is 29.2 Å². The van der Waals surface area contributed by atoms with Crippen LogP contribution in [0, 0.1) is 0 Å². The number of rotatable bonds is 7. The Balaban J connectivity index is 2.00.